The molecule has 1 rings (SSSR count). The molecule has 0 fully saturated rings. The molecule has 0 aliphatic carbocycles. The summed E-state index contributed by atoms with van der Waals surface area (Å²) in [4.78, 5) is 10.6. The van der Waals surface area contributed by atoms with Crippen molar-refractivity contribution >= 4 is 5.91 Å². The van der Waals surface area contributed by atoms with Gasteiger partial charge >= 0.3 is 0 Å². The molecule has 3 heteroatoms. The van der Waals surface area contributed by atoms with Crippen LogP contribution in [0.4, 0.5) is 0 Å². The van der Waals surface area contributed by atoms with E-state index < -0.39 is 5.91 Å². The van der Waals surface area contributed by atoms with E-state index in [9.17, 15) is 4.79 Å². The van der Waals surface area contributed by atoms with E-state index in [4.69, 9.17) is 10.5 Å². The molecule has 3 nitrogen and oxygen atoms in total. The highest BCUT2D eigenvalue weighted by Gasteiger charge is 1.99. The van der Waals surface area contributed by atoms with Gasteiger partial charge in [0.2, 0.25) is 5.91 Å². The molecule has 0 aliphatic rings. The van der Waals surface area contributed by atoms with Crippen LogP contribution in [-0.4, -0.2) is 13.0 Å². The van der Waals surface area contributed by atoms with Crippen molar-refractivity contribution in [2.75, 3.05) is 7.11 Å². The van der Waals surface area contributed by atoms with Gasteiger partial charge in [-0.25, -0.2) is 0 Å². The van der Waals surface area contributed by atoms with Crippen LogP contribution in [0.15, 0.2) is 24.3 Å². The van der Waals surface area contributed by atoms with Gasteiger partial charge in [-0.1, -0.05) is 26.8 Å². The first-order chi connectivity index (χ1) is 6.97. The SMILES string of the molecule is CC(C)C.COc1cccc(C(N)=O)c1. The van der Waals surface area contributed by atoms with E-state index in [1.807, 2.05) is 0 Å². The number of carbonyl (C=O) groups excluding carboxylic acids is 1. The second-order valence-electron chi connectivity index (χ2n) is 3.83. The van der Waals surface area contributed by atoms with Gasteiger partial charge in [-0.15, -0.1) is 0 Å². The summed E-state index contributed by atoms with van der Waals surface area (Å²) in [6, 6.07) is 6.72. The average Bonchev–Trinajstić information content (AvgIpc) is 2.17. The van der Waals surface area contributed by atoms with Crippen LogP contribution >= 0.6 is 0 Å². The molecule has 0 aliphatic heterocycles. The first-order valence-electron chi connectivity index (χ1n) is 4.91. The Balaban J connectivity index is 0.000000423. The molecule has 0 aromatic heterocycles. The number of primary amides is 1. The van der Waals surface area contributed by atoms with Crippen LogP contribution in [0, 0.1) is 5.92 Å². The molecule has 15 heavy (non-hydrogen) atoms. The van der Waals surface area contributed by atoms with Crippen LogP contribution < -0.4 is 10.5 Å². The third-order valence-corrected chi connectivity index (χ3v) is 1.35. The number of amides is 1. The van der Waals surface area contributed by atoms with Gasteiger partial charge in [0.1, 0.15) is 5.75 Å². The second-order valence-corrected chi connectivity index (χ2v) is 3.83. The molecule has 1 amide bonds. The van der Waals surface area contributed by atoms with E-state index in [-0.39, 0.29) is 0 Å². The van der Waals surface area contributed by atoms with Crippen LogP contribution in [0.2, 0.25) is 0 Å². The lowest BCUT2D eigenvalue weighted by Crippen LogP contribution is -2.10. The van der Waals surface area contributed by atoms with Gasteiger partial charge < -0.3 is 10.5 Å². The summed E-state index contributed by atoms with van der Waals surface area (Å²) >= 11 is 0. The lowest BCUT2D eigenvalue weighted by Gasteiger charge is -1.99. The molecule has 0 saturated carbocycles. The Morgan fingerprint density at radius 1 is 1.33 bits per heavy atom. The number of ether oxygens (including phenoxy) is 1. The third-order valence-electron chi connectivity index (χ3n) is 1.35. The number of carbonyl (C=O) groups is 1. The summed E-state index contributed by atoms with van der Waals surface area (Å²) in [6.07, 6.45) is 0. The molecule has 0 heterocycles. The van der Waals surface area contributed by atoms with Crippen molar-refractivity contribution < 1.29 is 9.53 Å². The van der Waals surface area contributed by atoms with Crippen LogP contribution in [0.25, 0.3) is 0 Å². The molecule has 1 aromatic carbocycles. The van der Waals surface area contributed by atoms with Gasteiger partial charge in [0, 0.05) is 5.56 Å². The molecule has 84 valence electrons. The fraction of sp³-hybridized carbons (Fsp3) is 0.417. The molecule has 0 unspecified atom stereocenters. The minimum atomic E-state index is -0.441. The number of rotatable bonds is 2. The van der Waals surface area contributed by atoms with Crippen molar-refractivity contribution in [2.24, 2.45) is 11.7 Å². The summed E-state index contributed by atoms with van der Waals surface area (Å²) in [5, 5.41) is 0. The first-order valence-corrected chi connectivity index (χ1v) is 4.91. The minimum absolute atomic E-state index is 0.441. The highest BCUT2D eigenvalue weighted by molar-refractivity contribution is 5.93. The molecule has 0 spiro atoms. The van der Waals surface area contributed by atoms with E-state index in [0.29, 0.717) is 11.3 Å². The maximum atomic E-state index is 10.6. The quantitative estimate of drug-likeness (QED) is 0.813. The fourth-order valence-electron chi connectivity index (χ4n) is 0.776. The smallest absolute Gasteiger partial charge is 0.248 e. The maximum Gasteiger partial charge on any atom is 0.248 e. The summed E-state index contributed by atoms with van der Waals surface area (Å²) in [5.74, 6) is 1.03. The third kappa shape index (κ3) is 6.55. The minimum Gasteiger partial charge on any atom is -0.497 e. The average molecular weight is 209 g/mol. The number of hydrogen-bond donors (Lipinski definition) is 1. The predicted octanol–water partition coefficient (Wildman–Crippen LogP) is 2.46. The fourth-order valence-corrected chi connectivity index (χ4v) is 0.776. The Bertz CT molecular complexity index is 305. The zero-order valence-electron chi connectivity index (χ0n) is 9.78. The first kappa shape index (κ1) is 13.5. The van der Waals surface area contributed by atoms with Gasteiger partial charge in [-0.2, -0.15) is 0 Å². The predicted molar refractivity (Wildman–Crippen MR) is 62.0 cm³/mol. The number of nitrogens with two attached hydrogens (primary N) is 1. The summed E-state index contributed by atoms with van der Waals surface area (Å²) in [7, 11) is 1.54. The zero-order chi connectivity index (χ0) is 11.8. The van der Waals surface area contributed by atoms with Gasteiger partial charge in [-0.05, 0) is 24.1 Å². The molecular formula is C12H19NO2. The Morgan fingerprint density at radius 2 is 1.87 bits per heavy atom. The molecule has 1 aromatic rings. The van der Waals surface area contributed by atoms with Gasteiger partial charge in [-0.3, -0.25) is 4.79 Å². The molecule has 2 N–H and O–H groups in total. The number of benzene rings is 1. The zero-order valence-corrected chi connectivity index (χ0v) is 9.78. The monoisotopic (exact) mass is 209 g/mol. The highest BCUT2D eigenvalue weighted by atomic mass is 16.5. The van der Waals surface area contributed by atoms with E-state index in [1.54, 1.807) is 31.4 Å². The second kappa shape index (κ2) is 6.87. The van der Waals surface area contributed by atoms with Crippen LogP contribution in [-0.2, 0) is 0 Å². The van der Waals surface area contributed by atoms with Gasteiger partial charge in [0.25, 0.3) is 0 Å². The molecule has 0 radical (unpaired) electrons. The standard InChI is InChI=1S/C8H9NO2.C4H10/c1-11-7-4-2-3-6(5-7)8(9)10;1-4(2)3/h2-5H,1H3,(H2,9,10);4H,1-3H3. The molecule has 0 bridgehead atoms. The van der Waals surface area contributed by atoms with E-state index in [1.165, 1.54) is 0 Å². The number of methoxy groups -OCH3 is 1. The van der Waals surface area contributed by atoms with Crippen molar-refractivity contribution in [1.29, 1.82) is 0 Å². The van der Waals surface area contributed by atoms with Gasteiger partial charge in [0.15, 0.2) is 0 Å². The Labute approximate surface area is 91.2 Å². The maximum absolute atomic E-state index is 10.6. The van der Waals surface area contributed by atoms with E-state index in [2.05, 4.69) is 20.8 Å². The van der Waals surface area contributed by atoms with Crippen LogP contribution in [0.3, 0.4) is 0 Å². The summed E-state index contributed by atoms with van der Waals surface area (Å²) in [6.45, 7) is 6.50. The topological polar surface area (TPSA) is 52.3 Å². The largest absolute Gasteiger partial charge is 0.497 e. The van der Waals surface area contributed by atoms with Crippen LogP contribution in [0.1, 0.15) is 31.1 Å². The molecule has 0 atom stereocenters. The van der Waals surface area contributed by atoms with E-state index in [0.717, 1.165) is 5.92 Å². The number of hydrogen-bond acceptors (Lipinski definition) is 2. The summed E-state index contributed by atoms with van der Waals surface area (Å²) in [5.41, 5.74) is 5.51. The van der Waals surface area contributed by atoms with Crippen molar-refractivity contribution in [1.82, 2.24) is 0 Å². The highest BCUT2D eigenvalue weighted by Crippen LogP contribution is 2.11. The van der Waals surface area contributed by atoms with Crippen molar-refractivity contribution in [3.05, 3.63) is 29.8 Å². The van der Waals surface area contributed by atoms with Crippen molar-refractivity contribution in [3.8, 4) is 5.75 Å². The van der Waals surface area contributed by atoms with Gasteiger partial charge in [0.05, 0.1) is 7.11 Å². The summed E-state index contributed by atoms with van der Waals surface area (Å²) < 4.78 is 4.90. The molecular weight excluding hydrogens is 190 g/mol. The normalized spacial score (nSPS) is 9.13. The van der Waals surface area contributed by atoms with Crippen molar-refractivity contribution in [3.63, 3.8) is 0 Å². The van der Waals surface area contributed by atoms with Crippen LogP contribution in [0.5, 0.6) is 5.75 Å². The lowest BCUT2D eigenvalue weighted by atomic mass is 10.2. The lowest BCUT2D eigenvalue weighted by molar-refractivity contribution is 0.1000. The Kier molecular flexibility index (Phi) is 6.18. The Hall–Kier alpha value is -1.51. The van der Waals surface area contributed by atoms with E-state index >= 15 is 0 Å². The molecule has 0 saturated heterocycles. The van der Waals surface area contributed by atoms with Crippen molar-refractivity contribution in [2.45, 2.75) is 20.8 Å². The Morgan fingerprint density at radius 3 is 2.27 bits per heavy atom.